The third-order valence-corrected chi connectivity index (χ3v) is 9.16. The second-order valence-electron chi connectivity index (χ2n) is 11.4. The molecule has 3 nitrogen and oxygen atoms in total. The summed E-state index contributed by atoms with van der Waals surface area (Å²) in [6.07, 6.45) is 0. The quantitative estimate of drug-likeness (QED) is 0.105. The highest BCUT2D eigenvalue weighted by Crippen LogP contribution is 2.53. The Bertz CT molecular complexity index is 1230. The molecule has 1 heterocycles. The minimum absolute atomic E-state index is 0. The highest BCUT2D eigenvalue weighted by molar-refractivity contribution is 8.05. The van der Waals surface area contributed by atoms with Crippen molar-refractivity contribution in [3.8, 4) is 16.9 Å². The van der Waals surface area contributed by atoms with Crippen LogP contribution in [0.3, 0.4) is 0 Å². The Hall–Kier alpha value is -1.16. The monoisotopic (exact) mass is 613 g/mol. The fourth-order valence-corrected chi connectivity index (χ4v) is 6.71. The number of thiol groups is 2. The summed E-state index contributed by atoms with van der Waals surface area (Å²) in [6, 6.07) is 19.4. The highest BCUT2D eigenvalue weighted by atomic mass is 32.2. The number of hydrogen-bond acceptors (Lipinski definition) is 7. The molecule has 40 heavy (non-hydrogen) atoms. The van der Waals surface area contributed by atoms with Crippen molar-refractivity contribution in [1.82, 2.24) is 0 Å². The Labute approximate surface area is 263 Å². The molecule has 215 valence electrons. The van der Waals surface area contributed by atoms with Gasteiger partial charge in [-0.2, -0.15) is 25.3 Å². The van der Waals surface area contributed by atoms with Crippen LogP contribution in [0.5, 0.6) is 5.75 Å². The summed E-state index contributed by atoms with van der Waals surface area (Å²) in [6.45, 7) is 15.9. The summed E-state index contributed by atoms with van der Waals surface area (Å²) in [4.78, 5) is 5.06. The van der Waals surface area contributed by atoms with Gasteiger partial charge in [0.25, 0.3) is 0 Å². The molecular weight excluding hydrogens is 571 g/mol. The second-order valence-corrected chi connectivity index (χ2v) is 14.4. The van der Waals surface area contributed by atoms with Gasteiger partial charge in [0, 0.05) is 56.2 Å². The molecule has 0 fully saturated rings. The molecule has 0 amide bonds. The van der Waals surface area contributed by atoms with Crippen molar-refractivity contribution >= 4 is 57.2 Å². The van der Waals surface area contributed by atoms with Gasteiger partial charge in [0.1, 0.15) is 5.75 Å². The summed E-state index contributed by atoms with van der Waals surface area (Å²) in [5, 5.41) is 11.3. The van der Waals surface area contributed by atoms with Gasteiger partial charge in [-0.1, -0.05) is 95.4 Å². The largest absolute Gasteiger partial charge is 0.507 e. The van der Waals surface area contributed by atoms with Gasteiger partial charge >= 0.3 is 0 Å². The molecule has 0 atom stereocenters. The topological polar surface area (TPSA) is 38.7 Å². The lowest BCUT2D eigenvalue weighted by atomic mass is 9.78. The lowest BCUT2D eigenvalue weighted by Gasteiger charge is -2.28. The van der Waals surface area contributed by atoms with Crippen LogP contribution >= 0.6 is 48.8 Å². The Balaban J connectivity index is 0.000000439. The number of ether oxygens (including phenoxy) is 2. The number of phenolic OH excluding ortho intramolecular Hbond substituents is 1. The maximum atomic E-state index is 11.3. The molecule has 0 aromatic heterocycles. The van der Waals surface area contributed by atoms with E-state index in [1.165, 1.54) is 25.1 Å². The highest BCUT2D eigenvalue weighted by Gasteiger charge is 2.28. The average Bonchev–Trinajstić information content (AvgIpc) is 2.88. The van der Waals surface area contributed by atoms with Crippen LogP contribution in [-0.2, 0) is 20.3 Å². The predicted octanol–water partition coefficient (Wildman–Crippen LogP) is 8.77. The molecule has 1 N–H and O–H groups in total. The summed E-state index contributed by atoms with van der Waals surface area (Å²) in [5.74, 6) is 1.95. The molecule has 1 aliphatic rings. The van der Waals surface area contributed by atoms with Crippen molar-refractivity contribution in [2.75, 3.05) is 37.9 Å². The smallest absolute Gasteiger partial charge is 0.127 e. The second kappa shape index (κ2) is 15.9. The van der Waals surface area contributed by atoms with E-state index in [1.54, 1.807) is 0 Å². The normalized spacial score (nSPS) is 12.5. The minimum atomic E-state index is -0.135. The van der Waals surface area contributed by atoms with Crippen LogP contribution in [0.25, 0.3) is 11.1 Å². The van der Waals surface area contributed by atoms with E-state index in [1.807, 2.05) is 23.5 Å². The van der Waals surface area contributed by atoms with E-state index in [9.17, 15) is 5.11 Å². The van der Waals surface area contributed by atoms with Crippen molar-refractivity contribution in [1.29, 1.82) is 0 Å². The summed E-state index contributed by atoms with van der Waals surface area (Å²) in [5.41, 5.74) is 4.18. The van der Waals surface area contributed by atoms with Crippen LogP contribution in [0.2, 0.25) is 0 Å². The molecule has 4 rings (SSSR count). The molecule has 0 aliphatic carbocycles. The zero-order valence-corrected chi connectivity index (χ0v) is 27.9. The minimum Gasteiger partial charge on any atom is -0.507 e. The van der Waals surface area contributed by atoms with Gasteiger partial charge < -0.3 is 14.6 Å². The first-order chi connectivity index (χ1) is 18.5. The van der Waals surface area contributed by atoms with Crippen molar-refractivity contribution < 1.29 is 14.6 Å². The van der Waals surface area contributed by atoms with Crippen LogP contribution in [0.4, 0.5) is 0 Å². The van der Waals surface area contributed by atoms with E-state index >= 15 is 0 Å². The Kier molecular flexibility index (Phi) is 13.9. The van der Waals surface area contributed by atoms with E-state index < -0.39 is 0 Å². The zero-order valence-electron chi connectivity index (χ0n) is 24.5. The van der Waals surface area contributed by atoms with E-state index in [0.717, 1.165) is 28.2 Å². The molecule has 0 spiro atoms. The van der Waals surface area contributed by atoms with Gasteiger partial charge in [-0.3, -0.25) is 0 Å². The molecule has 3 aromatic rings. The first-order valence-electron chi connectivity index (χ1n) is 13.3. The van der Waals surface area contributed by atoms with Gasteiger partial charge in [-0.25, -0.2) is 0 Å². The number of benzene rings is 3. The lowest BCUT2D eigenvalue weighted by Crippen LogP contribution is -2.17. The Morgan fingerprint density at radius 3 is 1.75 bits per heavy atom. The van der Waals surface area contributed by atoms with Gasteiger partial charge in [-0.05, 0) is 40.7 Å². The lowest BCUT2D eigenvalue weighted by molar-refractivity contribution is 0.0606. The molecule has 0 bridgehead atoms. The summed E-state index contributed by atoms with van der Waals surface area (Å²) < 4.78 is 10.2. The molecule has 0 saturated carbocycles. The first kappa shape index (κ1) is 35.0. The fraction of sp³-hybridized carbons (Fsp3) is 0.438. The molecule has 0 saturated heterocycles. The maximum Gasteiger partial charge on any atom is 0.127 e. The average molecular weight is 614 g/mol. The number of phenols is 1. The predicted molar refractivity (Wildman–Crippen MR) is 181 cm³/mol. The molecule has 0 unspecified atom stereocenters. The van der Waals surface area contributed by atoms with Gasteiger partial charge in [0.15, 0.2) is 0 Å². The molecular formula is C32H42BO3S4. The number of fused-ring (bicyclic) bond motifs is 2. The third kappa shape index (κ3) is 9.43. The van der Waals surface area contributed by atoms with Crippen LogP contribution in [-0.4, -0.2) is 51.5 Å². The first-order valence-corrected chi connectivity index (χ1v) is 16.2. The van der Waals surface area contributed by atoms with Crippen molar-refractivity contribution in [2.45, 2.75) is 72.0 Å². The zero-order chi connectivity index (χ0) is 28.6. The van der Waals surface area contributed by atoms with Crippen molar-refractivity contribution in [3.63, 3.8) is 0 Å². The van der Waals surface area contributed by atoms with Crippen LogP contribution in [0.15, 0.2) is 74.2 Å². The van der Waals surface area contributed by atoms with Crippen LogP contribution in [0.1, 0.15) is 52.7 Å². The van der Waals surface area contributed by atoms with Gasteiger partial charge in [0.2, 0.25) is 0 Å². The maximum absolute atomic E-state index is 11.3. The Morgan fingerprint density at radius 2 is 1.23 bits per heavy atom. The molecule has 8 heteroatoms. The SMILES string of the molecule is CC(C)(C)c1cc(-c2cccc3c2Sc2ccccc2S3)c(O)c(C(C)(C)C)c1.SCCOCCOCCS.[B]. The van der Waals surface area contributed by atoms with Crippen LogP contribution in [0, 0.1) is 0 Å². The summed E-state index contributed by atoms with van der Waals surface area (Å²) >= 11 is 11.6. The summed E-state index contributed by atoms with van der Waals surface area (Å²) in [7, 11) is 0. The van der Waals surface area contributed by atoms with E-state index in [4.69, 9.17) is 9.47 Å². The standard InChI is InChI=1S/C26H28OS2.C6H14O2S2.B/c1-25(2,3)16-14-18(23(27)19(15-16)26(4,5)6)17-10-9-13-22-24(17)29-21-12-8-7-11-20(21)28-22;9-5-3-7-1-2-8-4-6-10;/h7-15,27H,1-6H3;9-10H,1-6H2;. The number of hydrogen-bond donors (Lipinski definition) is 3. The molecule has 1 aliphatic heterocycles. The van der Waals surface area contributed by atoms with Gasteiger partial charge in [-0.15, -0.1) is 0 Å². The van der Waals surface area contributed by atoms with E-state index in [-0.39, 0.29) is 19.2 Å². The van der Waals surface area contributed by atoms with Gasteiger partial charge in [0.05, 0.1) is 26.4 Å². The van der Waals surface area contributed by atoms with E-state index in [0.29, 0.717) is 32.2 Å². The van der Waals surface area contributed by atoms with Crippen LogP contribution < -0.4 is 0 Å². The number of rotatable bonds is 8. The number of aromatic hydroxyl groups is 1. The molecule has 3 radical (unpaired) electrons. The third-order valence-electron chi connectivity index (χ3n) is 6.18. The van der Waals surface area contributed by atoms with E-state index in [2.05, 4.69) is 121 Å². The Morgan fingerprint density at radius 1 is 0.675 bits per heavy atom. The fourth-order valence-electron chi connectivity index (χ4n) is 4.06. The van der Waals surface area contributed by atoms with Crippen molar-refractivity contribution in [2.24, 2.45) is 0 Å². The van der Waals surface area contributed by atoms with Crippen molar-refractivity contribution in [3.05, 3.63) is 65.7 Å². The molecule has 3 aromatic carbocycles.